The van der Waals surface area contributed by atoms with Crippen molar-refractivity contribution in [3.05, 3.63) is 63.1 Å². The Morgan fingerprint density at radius 2 is 1.78 bits per heavy atom. The predicted molar refractivity (Wildman–Crippen MR) is 107 cm³/mol. The first-order valence-corrected chi connectivity index (χ1v) is 9.31. The first-order valence-electron chi connectivity index (χ1n) is 8.52. The van der Waals surface area contributed by atoms with Gasteiger partial charge in [-0.3, -0.25) is 4.98 Å². The number of benzene rings is 2. The van der Waals surface area contributed by atoms with Gasteiger partial charge >= 0.3 is 0 Å². The van der Waals surface area contributed by atoms with Crippen molar-refractivity contribution in [1.82, 2.24) is 4.98 Å². The lowest BCUT2D eigenvalue weighted by molar-refractivity contribution is 0.352. The summed E-state index contributed by atoms with van der Waals surface area (Å²) in [6.45, 7) is 2.05. The third kappa shape index (κ3) is 2.94. The fraction of sp³-hybridized carbons (Fsp3) is 0.238. The number of methoxy groups -OCH3 is 3. The lowest BCUT2D eigenvalue weighted by atomic mass is 9.84. The van der Waals surface area contributed by atoms with E-state index in [9.17, 15) is 0 Å². The van der Waals surface area contributed by atoms with Gasteiger partial charge in [-0.25, -0.2) is 0 Å². The molecular weight excluding hydrogens is 410 g/mol. The molecule has 1 N–H and O–H groups in total. The molecule has 3 aromatic rings. The quantitative estimate of drug-likeness (QED) is 0.471. The van der Waals surface area contributed by atoms with Crippen LogP contribution in [-0.4, -0.2) is 26.3 Å². The Morgan fingerprint density at radius 1 is 0.963 bits per heavy atom. The van der Waals surface area contributed by atoms with E-state index in [1.165, 1.54) is 0 Å². The highest BCUT2D eigenvalue weighted by Gasteiger charge is 2.32. The highest BCUT2D eigenvalue weighted by atomic mass is 79.9. The van der Waals surface area contributed by atoms with Gasteiger partial charge in [-0.1, -0.05) is 12.1 Å². The smallest absolute Gasteiger partial charge is 0.204 e. The minimum Gasteiger partial charge on any atom is -0.493 e. The monoisotopic (exact) mass is 429 g/mol. The number of hydrogen-bond donors (Lipinski definition) is 1. The molecule has 0 spiro atoms. The van der Waals surface area contributed by atoms with Crippen LogP contribution in [0.4, 0.5) is 0 Å². The molecule has 1 aliphatic heterocycles. The van der Waals surface area contributed by atoms with Gasteiger partial charge in [0.1, 0.15) is 5.75 Å². The zero-order valence-electron chi connectivity index (χ0n) is 15.6. The SMILES string of the molecule is COc1cc2c([nH]1)Oc1cc(C)ccc1C2c1cc(Br)c(OC)c(OC)c1. The summed E-state index contributed by atoms with van der Waals surface area (Å²) in [5, 5.41) is 0. The maximum Gasteiger partial charge on any atom is 0.204 e. The van der Waals surface area contributed by atoms with Crippen molar-refractivity contribution in [2.24, 2.45) is 0 Å². The summed E-state index contributed by atoms with van der Waals surface area (Å²) in [5.41, 5.74) is 4.31. The number of aromatic amines is 1. The fourth-order valence-electron chi connectivity index (χ4n) is 3.55. The van der Waals surface area contributed by atoms with E-state index in [0.717, 1.165) is 32.5 Å². The summed E-state index contributed by atoms with van der Waals surface area (Å²) in [5.74, 6) is 3.51. The maximum absolute atomic E-state index is 6.12. The van der Waals surface area contributed by atoms with Crippen molar-refractivity contribution in [2.75, 3.05) is 21.3 Å². The average molecular weight is 430 g/mol. The second-order valence-corrected chi connectivity index (χ2v) is 7.29. The standard InChI is InChI=1S/C21H20BrNO4/c1-11-5-6-13-16(7-11)27-21-14(10-18(23-21)25-3)19(13)12-8-15(22)20(26-4)17(9-12)24-2/h5-10,19,23H,1-4H3. The number of rotatable bonds is 4. The number of aryl methyl sites for hydroxylation is 1. The normalized spacial score (nSPS) is 14.8. The topological polar surface area (TPSA) is 52.7 Å². The first kappa shape index (κ1) is 17.8. The molecule has 2 aromatic carbocycles. The molecule has 0 radical (unpaired) electrons. The van der Waals surface area contributed by atoms with Gasteiger partial charge in [0.2, 0.25) is 5.88 Å². The van der Waals surface area contributed by atoms with Crippen molar-refractivity contribution in [3.8, 4) is 29.0 Å². The molecule has 0 amide bonds. The predicted octanol–water partition coefficient (Wildman–Crippen LogP) is 5.40. The molecular formula is C21H20BrNO4. The number of nitrogens with one attached hydrogen (secondary N) is 1. The van der Waals surface area contributed by atoms with Crippen LogP contribution in [0, 0.1) is 6.92 Å². The van der Waals surface area contributed by atoms with Crippen LogP contribution in [0.15, 0.2) is 40.9 Å². The van der Waals surface area contributed by atoms with Crippen molar-refractivity contribution >= 4 is 15.9 Å². The van der Waals surface area contributed by atoms with Crippen LogP contribution in [0.2, 0.25) is 0 Å². The van der Waals surface area contributed by atoms with Gasteiger partial charge in [0.25, 0.3) is 0 Å². The molecule has 4 rings (SSSR count). The van der Waals surface area contributed by atoms with Crippen molar-refractivity contribution in [2.45, 2.75) is 12.8 Å². The number of halogens is 1. The van der Waals surface area contributed by atoms with Gasteiger partial charge in [-0.05, 0) is 52.2 Å². The Hall–Kier alpha value is -2.60. The summed E-state index contributed by atoms with van der Waals surface area (Å²) in [7, 11) is 4.90. The zero-order valence-corrected chi connectivity index (χ0v) is 17.1. The van der Waals surface area contributed by atoms with Crippen molar-refractivity contribution < 1.29 is 18.9 Å². The molecule has 0 aliphatic carbocycles. The van der Waals surface area contributed by atoms with Crippen LogP contribution >= 0.6 is 15.9 Å². The second kappa shape index (κ2) is 6.85. The summed E-state index contributed by atoms with van der Waals surface area (Å²) < 4.78 is 23.4. The Morgan fingerprint density at radius 3 is 2.48 bits per heavy atom. The molecule has 0 bridgehead atoms. The average Bonchev–Trinajstić information content (AvgIpc) is 3.07. The van der Waals surface area contributed by atoms with Crippen LogP contribution in [0.3, 0.4) is 0 Å². The van der Waals surface area contributed by atoms with E-state index < -0.39 is 0 Å². The number of hydrogen-bond acceptors (Lipinski definition) is 4. The van der Waals surface area contributed by atoms with E-state index in [1.807, 2.05) is 18.2 Å². The largest absolute Gasteiger partial charge is 0.493 e. The number of aromatic nitrogens is 1. The zero-order chi connectivity index (χ0) is 19.1. The van der Waals surface area contributed by atoms with Gasteiger partial charge in [-0.15, -0.1) is 0 Å². The van der Waals surface area contributed by atoms with Crippen LogP contribution < -0.4 is 18.9 Å². The van der Waals surface area contributed by atoms with Crippen LogP contribution in [0.1, 0.15) is 28.2 Å². The Bertz CT molecular complexity index is 1010. The van der Waals surface area contributed by atoms with Gasteiger partial charge in [0.15, 0.2) is 17.4 Å². The highest BCUT2D eigenvalue weighted by molar-refractivity contribution is 9.10. The Kier molecular flexibility index (Phi) is 4.52. The van der Waals surface area contributed by atoms with Gasteiger partial charge in [0, 0.05) is 23.1 Å². The highest BCUT2D eigenvalue weighted by Crippen LogP contribution is 2.50. The number of H-pyrrole nitrogens is 1. The van der Waals surface area contributed by atoms with E-state index in [-0.39, 0.29) is 5.92 Å². The fourth-order valence-corrected chi connectivity index (χ4v) is 4.17. The summed E-state index contributed by atoms with van der Waals surface area (Å²) in [4.78, 5) is 3.20. The van der Waals surface area contributed by atoms with Gasteiger partial charge in [0.05, 0.1) is 25.8 Å². The molecule has 0 saturated carbocycles. The second-order valence-electron chi connectivity index (χ2n) is 6.44. The Balaban J connectivity index is 1.95. The summed E-state index contributed by atoms with van der Waals surface area (Å²) in [6.07, 6.45) is 0. The summed E-state index contributed by atoms with van der Waals surface area (Å²) in [6, 6.07) is 12.3. The third-order valence-electron chi connectivity index (χ3n) is 4.80. The van der Waals surface area contributed by atoms with Crippen LogP contribution in [0.5, 0.6) is 29.0 Å². The maximum atomic E-state index is 6.12. The molecule has 0 saturated heterocycles. The molecule has 1 aliphatic rings. The molecule has 0 fully saturated rings. The van der Waals surface area contributed by atoms with E-state index in [4.69, 9.17) is 18.9 Å². The van der Waals surface area contributed by atoms with Crippen LogP contribution in [0.25, 0.3) is 0 Å². The molecule has 1 aromatic heterocycles. The molecule has 27 heavy (non-hydrogen) atoms. The van der Waals surface area contributed by atoms with Gasteiger partial charge in [-0.2, -0.15) is 0 Å². The van der Waals surface area contributed by atoms with E-state index in [1.54, 1.807) is 21.3 Å². The van der Waals surface area contributed by atoms with E-state index in [0.29, 0.717) is 23.3 Å². The molecule has 6 heteroatoms. The molecule has 1 unspecified atom stereocenters. The van der Waals surface area contributed by atoms with Crippen molar-refractivity contribution in [1.29, 1.82) is 0 Å². The first-order chi connectivity index (χ1) is 13.0. The minimum absolute atomic E-state index is 0.0272. The molecule has 5 nitrogen and oxygen atoms in total. The molecule has 2 heterocycles. The third-order valence-corrected chi connectivity index (χ3v) is 5.39. The van der Waals surface area contributed by atoms with Crippen molar-refractivity contribution in [3.63, 3.8) is 0 Å². The molecule has 1 atom stereocenters. The lowest BCUT2D eigenvalue weighted by Gasteiger charge is -2.27. The van der Waals surface area contributed by atoms with Gasteiger partial charge < -0.3 is 18.9 Å². The van der Waals surface area contributed by atoms with E-state index >= 15 is 0 Å². The summed E-state index contributed by atoms with van der Waals surface area (Å²) >= 11 is 3.61. The van der Waals surface area contributed by atoms with E-state index in [2.05, 4.69) is 46.0 Å². The van der Waals surface area contributed by atoms with Crippen LogP contribution in [-0.2, 0) is 0 Å². The minimum atomic E-state index is -0.0272. The Labute approximate surface area is 166 Å². The lowest BCUT2D eigenvalue weighted by Crippen LogP contribution is -2.11. The molecule has 140 valence electrons. The number of ether oxygens (including phenoxy) is 4. The number of fused-ring (bicyclic) bond motifs is 2.